The number of benzene rings is 1. The fourth-order valence-electron chi connectivity index (χ4n) is 4.15. The number of ether oxygens (including phenoxy) is 2. The Kier molecular flexibility index (Phi) is 4.50. The molecule has 0 fully saturated rings. The number of rotatable bonds is 4. The van der Waals surface area contributed by atoms with Gasteiger partial charge in [-0.3, -0.25) is 14.7 Å². The van der Waals surface area contributed by atoms with Crippen molar-refractivity contribution >= 4 is 0 Å². The van der Waals surface area contributed by atoms with Gasteiger partial charge in [0.25, 0.3) is 5.56 Å². The number of hydrogen-bond acceptors (Lipinski definition) is 7. The molecule has 3 aromatic heterocycles. The summed E-state index contributed by atoms with van der Waals surface area (Å²) in [5.74, 6) is 2.56. The fraction of sp³-hybridized carbons (Fsp3) is 0.208. The van der Waals surface area contributed by atoms with Crippen LogP contribution < -0.4 is 15.0 Å². The van der Waals surface area contributed by atoms with Gasteiger partial charge in [0.05, 0.1) is 23.2 Å². The van der Waals surface area contributed by atoms with Crippen LogP contribution in [0.3, 0.4) is 0 Å². The Morgan fingerprint density at radius 1 is 1.09 bits per heavy atom. The zero-order valence-corrected chi connectivity index (χ0v) is 17.2. The molecule has 1 aromatic carbocycles. The van der Waals surface area contributed by atoms with Crippen LogP contribution in [-0.2, 0) is 19.5 Å². The van der Waals surface area contributed by atoms with Crippen LogP contribution in [0.25, 0.3) is 22.8 Å². The second kappa shape index (κ2) is 7.65. The van der Waals surface area contributed by atoms with E-state index in [0.29, 0.717) is 24.7 Å². The van der Waals surface area contributed by atoms with E-state index in [0.717, 1.165) is 52.5 Å². The van der Waals surface area contributed by atoms with E-state index in [2.05, 4.69) is 25.9 Å². The molecule has 0 atom stereocenters. The Morgan fingerprint density at radius 2 is 2.03 bits per heavy atom. The molecule has 0 saturated heterocycles. The summed E-state index contributed by atoms with van der Waals surface area (Å²) >= 11 is 0. The lowest BCUT2D eigenvalue weighted by molar-refractivity contribution is 0.174. The van der Waals surface area contributed by atoms with Crippen molar-refractivity contribution in [2.24, 2.45) is 0 Å². The van der Waals surface area contributed by atoms with Gasteiger partial charge in [0.15, 0.2) is 23.1 Å². The Bertz CT molecular complexity index is 1330. The third-order valence-corrected chi connectivity index (χ3v) is 5.80. The van der Waals surface area contributed by atoms with Crippen molar-refractivity contribution in [3.05, 3.63) is 82.1 Å². The molecule has 6 rings (SSSR count). The van der Waals surface area contributed by atoms with Gasteiger partial charge in [0, 0.05) is 37.8 Å². The quantitative estimate of drug-likeness (QED) is 0.533. The predicted octanol–water partition coefficient (Wildman–Crippen LogP) is 3.38. The third-order valence-electron chi connectivity index (χ3n) is 5.80. The van der Waals surface area contributed by atoms with Gasteiger partial charge in [-0.05, 0) is 42.0 Å². The number of aromatic amines is 1. The lowest BCUT2D eigenvalue weighted by Gasteiger charge is -2.27. The molecule has 0 spiro atoms. The van der Waals surface area contributed by atoms with E-state index in [1.54, 1.807) is 18.4 Å². The van der Waals surface area contributed by atoms with Crippen molar-refractivity contribution < 1.29 is 13.9 Å². The first-order valence-corrected chi connectivity index (χ1v) is 10.5. The number of nitrogens with one attached hydrogen (secondary N) is 1. The molecule has 4 aromatic rings. The minimum Gasteiger partial charge on any atom is -0.461 e. The van der Waals surface area contributed by atoms with Crippen LogP contribution in [0.4, 0.5) is 0 Å². The first-order chi connectivity index (χ1) is 15.7. The molecule has 0 unspecified atom stereocenters. The van der Waals surface area contributed by atoms with E-state index in [9.17, 15) is 4.79 Å². The van der Waals surface area contributed by atoms with Crippen LogP contribution in [0.1, 0.15) is 16.8 Å². The number of hydrogen-bond donors (Lipinski definition) is 1. The number of H-pyrrole nitrogens is 1. The highest BCUT2D eigenvalue weighted by molar-refractivity contribution is 5.64. The van der Waals surface area contributed by atoms with E-state index >= 15 is 0 Å². The van der Waals surface area contributed by atoms with Crippen molar-refractivity contribution in [1.82, 2.24) is 19.9 Å². The van der Waals surface area contributed by atoms with Crippen molar-refractivity contribution in [3.8, 4) is 34.3 Å². The van der Waals surface area contributed by atoms with E-state index in [1.165, 1.54) is 0 Å². The molecule has 0 radical (unpaired) electrons. The van der Waals surface area contributed by atoms with Gasteiger partial charge in [-0.1, -0.05) is 6.07 Å². The Morgan fingerprint density at radius 3 is 2.88 bits per heavy atom. The van der Waals surface area contributed by atoms with Gasteiger partial charge in [-0.25, -0.2) is 4.98 Å². The van der Waals surface area contributed by atoms with Gasteiger partial charge in [0.1, 0.15) is 0 Å². The van der Waals surface area contributed by atoms with Crippen LogP contribution in [-0.4, -0.2) is 33.2 Å². The molecule has 160 valence electrons. The monoisotopic (exact) mass is 428 g/mol. The smallest absolute Gasteiger partial charge is 0.256 e. The average molecular weight is 428 g/mol. The number of nitrogens with zero attached hydrogens (tertiary/aromatic N) is 3. The summed E-state index contributed by atoms with van der Waals surface area (Å²) < 4.78 is 16.2. The number of pyridine rings is 1. The molecule has 8 heteroatoms. The van der Waals surface area contributed by atoms with Crippen LogP contribution in [0.15, 0.2) is 64.1 Å². The molecule has 2 aliphatic rings. The zero-order valence-electron chi connectivity index (χ0n) is 17.2. The van der Waals surface area contributed by atoms with Crippen molar-refractivity contribution in [2.75, 3.05) is 13.3 Å². The highest BCUT2D eigenvalue weighted by Crippen LogP contribution is 2.35. The van der Waals surface area contributed by atoms with Gasteiger partial charge in [-0.15, -0.1) is 0 Å². The minimum atomic E-state index is -0.109. The molecule has 1 N–H and O–H groups in total. The molecule has 8 nitrogen and oxygen atoms in total. The van der Waals surface area contributed by atoms with E-state index in [-0.39, 0.29) is 12.4 Å². The van der Waals surface area contributed by atoms with Crippen LogP contribution in [0.2, 0.25) is 0 Å². The van der Waals surface area contributed by atoms with Gasteiger partial charge >= 0.3 is 0 Å². The topological polar surface area (TPSA) is 93.5 Å². The fourth-order valence-corrected chi connectivity index (χ4v) is 4.15. The van der Waals surface area contributed by atoms with Crippen molar-refractivity contribution in [3.63, 3.8) is 0 Å². The molecule has 0 saturated carbocycles. The summed E-state index contributed by atoms with van der Waals surface area (Å²) in [5.41, 5.74) is 4.40. The summed E-state index contributed by atoms with van der Waals surface area (Å²) in [6.07, 6.45) is 4.18. The van der Waals surface area contributed by atoms with E-state index in [1.807, 2.05) is 30.5 Å². The summed E-state index contributed by atoms with van der Waals surface area (Å²) in [5, 5.41) is 0. The first kappa shape index (κ1) is 18.8. The summed E-state index contributed by atoms with van der Waals surface area (Å²) in [6.45, 7) is 2.35. The highest BCUT2D eigenvalue weighted by atomic mass is 16.7. The molecular formula is C24H20N4O4. The molecule has 0 bridgehead atoms. The molecule has 0 aliphatic carbocycles. The SMILES string of the molecule is O=c1[nH]c(-c2ccco2)nc2c1CN(Cc1ccc(-c3ccc4c(c3)OCO4)nc1)CC2. The number of fused-ring (bicyclic) bond motifs is 2. The molecule has 2 aliphatic heterocycles. The Hall–Kier alpha value is -3.91. The Labute approximate surface area is 183 Å². The zero-order chi connectivity index (χ0) is 21.5. The molecular weight excluding hydrogens is 408 g/mol. The second-order valence-corrected chi connectivity index (χ2v) is 7.90. The van der Waals surface area contributed by atoms with E-state index < -0.39 is 0 Å². The maximum absolute atomic E-state index is 12.7. The molecule has 0 amide bonds. The van der Waals surface area contributed by atoms with Crippen molar-refractivity contribution in [2.45, 2.75) is 19.5 Å². The maximum atomic E-state index is 12.7. The summed E-state index contributed by atoms with van der Waals surface area (Å²) in [6, 6.07) is 13.5. The lowest BCUT2D eigenvalue weighted by Crippen LogP contribution is -2.35. The lowest BCUT2D eigenvalue weighted by atomic mass is 10.1. The highest BCUT2D eigenvalue weighted by Gasteiger charge is 2.22. The van der Waals surface area contributed by atoms with Crippen molar-refractivity contribution in [1.29, 1.82) is 0 Å². The summed E-state index contributed by atoms with van der Waals surface area (Å²) in [4.78, 5) is 27.0. The van der Waals surface area contributed by atoms with Gasteiger partial charge in [-0.2, -0.15) is 0 Å². The van der Waals surface area contributed by atoms with Crippen LogP contribution in [0, 0.1) is 0 Å². The normalized spacial score (nSPS) is 15.0. The van der Waals surface area contributed by atoms with Gasteiger partial charge < -0.3 is 18.9 Å². The number of aromatic nitrogens is 3. The molecule has 32 heavy (non-hydrogen) atoms. The largest absolute Gasteiger partial charge is 0.461 e. The van der Waals surface area contributed by atoms with Crippen LogP contribution in [0.5, 0.6) is 11.5 Å². The van der Waals surface area contributed by atoms with Gasteiger partial charge in [0.2, 0.25) is 6.79 Å². The number of furan rings is 1. The minimum absolute atomic E-state index is 0.109. The summed E-state index contributed by atoms with van der Waals surface area (Å²) in [7, 11) is 0. The van der Waals surface area contributed by atoms with E-state index in [4.69, 9.17) is 13.9 Å². The average Bonchev–Trinajstić information content (AvgIpc) is 3.52. The molecule has 5 heterocycles. The standard InChI is InChI=1S/C24H20N4O4/c29-24-17-13-28(8-7-19(17)26-23(27-24)21-2-1-9-30-21)12-15-3-5-18(25-11-15)16-4-6-20-22(10-16)32-14-31-20/h1-6,9-11H,7-8,12-14H2,(H,26,27,29). The Balaban J connectivity index is 1.17. The third kappa shape index (κ3) is 3.44. The van der Waals surface area contributed by atoms with Crippen LogP contribution >= 0.6 is 0 Å². The predicted molar refractivity (Wildman–Crippen MR) is 116 cm³/mol. The maximum Gasteiger partial charge on any atom is 0.256 e. The second-order valence-electron chi connectivity index (χ2n) is 7.90. The first-order valence-electron chi connectivity index (χ1n) is 10.5.